The first-order valence-corrected chi connectivity index (χ1v) is 8.87. The Balaban J connectivity index is 1.78. The Bertz CT molecular complexity index is 725. The summed E-state index contributed by atoms with van der Waals surface area (Å²) in [6, 6.07) is 14.8. The molecule has 126 valence electrons. The maximum Gasteiger partial charge on any atom is 0.0704 e. The zero-order valence-corrected chi connectivity index (χ0v) is 15.3. The van der Waals surface area contributed by atoms with Gasteiger partial charge in [-0.15, -0.1) is 0 Å². The van der Waals surface area contributed by atoms with Crippen LogP contribution in [-0.2, 0) is 6.42 Å². The maximum atomic E-state index is 4.53. The highest BCUT2D eigenvalue weighted by atomic mass is 15.2. The highest BCUT2D eigenvalue weighted by Gasteiger charge is 2.34. The minimum atomic E-state index is 0.256. The van der Waals surface area contributed by atoms with Gasteiger partial charge in [0.05, 0.1) is 5.69 Å². The molecule has 3 rings (SSSR count). The summed E-state index contributed by atoms with van der Waals surface area (Å²) in [4.78, 5) is 7.16. The molecule has 1 aromatic heterocycles. The topological polar surface area (TPSA) is 16.1 Å². The number of allylic oxidation sites excluding steroid dienone is 1. The van der Waals surface area contributed by atoms with Crippen molar-refractivity contribution in [3.05, 3.63) is 65.4 Å². The molecule has 2 heterocycles. The van der Waals surface area contributed by atoms with Crippen LogP contribution in [0.15, 0.2) is 59.8 Å². The highest BCUT2D eigenvalue weighted by Crippen LogP contribution is 2.34. The molecule has 0 saturated carbocycles. The number of rotatable bonds is 4. The molecule has 0 amide bonds. The molecule has 1 aromatic carbocycles. The Kier molecular flexibility index (Phi) is 4.86. The Morgan fingerprint density at radius 1 is 1.08 bits per heavy atom. The fourth-order valence-electron chi connectivity index (χ4n) is 3.62. The average Bonchev–Trinajstić information content (AvgIpc) is 2.89. The lowest BCUT2D eigenvalue weighted by Crippen LogP contribution is -2.39. The fraction of sp³-hybridized carbons (Fsp3) is 0.409. The minimum Gasteiger partial charge on any atom is -0.294 e. The average molecular weight is 320 g/mol. The molecule has 0 atom stereocenters. The Hall–Kier alpha value is -1.93. The summed E-state index contributed by atoms with van der Waals surface area (Å²) in [5, 5.41) is 0. The summed E-state index contributed by atoms with van der Waals surface area (Å²) < 4.78 is 0. The van der Waals surface area contributed by atoms with Crippen molar-refractivity contribution in [3.63, 3.8) is 0 Å². The fourth-order valence-corrected chi connectivity index (χ4v) is 3.62. The van der Waals surface area contributed by atoms with E-state index in [0.29, 0.717) is 0 Å². The Morgan fingerprint density at radius 2 is 1.83 bits per heavy atom. The predicted octanol–water partition coefficient (Wildman–Crippen LogP) is 5.11. The van der Waals surface area contributed by atoms with Gasteiger partial charge in [0.25, 0.3) is 0 Å². The number of hydrogen-bond acceptors (Lipinski definition) is 2. The molecule has 0 radical (unpaired) electrons. The first kappa shape index (κ1) is 16.9. The van der Waals surface area contributed by atoms with Crippen molar-refractivity contribution in [2.24, 2.45) is 0 Å². The van der Waals surface area contributed by atoms with Crippen molar-refractivity contribution in [1.82, 2.24) is 9.88 Å². The van der Waals surface area contributed by atoms with Gasteiger partial charge >= 0.3 is 0 Å². The maximum absolute atomic E-state index is 4.53. The van der Waals surface area contributed by atoms with Crippen LogP contribution in [0, 0.1) is 0 Å². The van der Waals surface area contributed by atoms with Crippen LogP contribution >= 0.6 is 0 Å². The summed E-state index contributed by atoms with van der Waals surface area (Å²) in [7, 11) is 0. The van der Waals surface area contributed by atoms with E-state index in [-0.39, 0.29) is 5.54 Å². The zero-order chi connectivity index (χ0) is 17.2. The number of benzene rings is 1. The van der Waals surface area contributed by atoms with Crippen molar-refractivity contribution in [2.45, 2.75) is 46.1 Å². The van der Waals surface area contributed by atoms with Crippen molar-refractivity contribution in [2.75, 3.05) is 13.1 Å². The van der Waals surface area contributed by atoms with Crippen molar-refractivity contribution < 1.29 is 0 Å². The van der Waals surface area contributed by atoms with E-state index in [4.69, 9.17) is 0 Å². The molecule has 0 aliphatic carbocycles. The summed E-state index contributed by atoms with van der Waals surface area (Å²) in [5.41, 5.74) is 7.07. The molecule has 2 heteroatoms. The van der Waals surface area contributed by atoms with Gasteiger partial charge in [-0.1, -0.05) is 41.5 Å². The lowest BCUT2D eigenvalue weighted by Gasteiger charge is -2.31. The van der Waals surface area contributed by atoms with Crippen molar-refractivity contribution in [3.8, 4) is 11.3 Å². The third kappa shape index (κ3) is 3.59. The molecule has 0 spiro atoms. The van der Waals surface area contributed by atoms with Crippen molar-refractivity contribution >= 4 is 0 Å². The third-order valence-corrected chi connectivity index (χ3v) is 5.20. The molecule has 24 heavy (non-hydrogen) atoms. The van der Waals surface area contributed by atoms with E-state index >= 15 is 0 Å². The molecule has 0 N–H and O–H groups in total. The molecule has 2 nitrogen and oxygen atoms in total. The third-order valence-electron chi connectivity index (χ3n) is 5.20. The second-order valence-electron chi connectivity index (χ2n) is 7.64. The molecule has 0 bridgehead atoms. The molecule has 1 saturated heterocycles. The molecular weight excluding hydrogens is 292 g/mol. The number of hydrogen-bond donors (Lipinski definition) is 0. The monoisotopic (exact) mass is 320 g/mol. The summed E-state index contributed by atoms with van der Waals surface area (Å²) in [6.07, 6.45) is 4.13. The minimum absolute atomic E-state index is 0.256. The quantitative estimate of drug-likeness (QED) is 0.728. The van der Waals surface area contributed by atoms with Crippen LogP contribution in [0.3, 0.4) is 0 Å². The van der Waals surface area contributed by atoms with Gasteiger partial charge in [-0.2, -0.15) is 0 Å². The van der Waals surface area contributed by atoms with Crippen LogP contribution in [0.1, 0.15) is 39.7 Å². The highest BCUT2D eigenvalue weighted by molar-refractivity contribution is 5.63. The smallest absolute Gasteiger partial charge is 0.0704 e. The van der Waals surface area contributed by atoms with Crippen LogP contribution < -0.4 is 0 Å². The number of likely N-dealkylation sites (tertiary alicyclic amines) is 1. The lowest BCUT2D eigenvalue weighted by atomic mass is 9.97. The van der Waals surface area contributed by atoms with Crippen LogP contribution in [0.25, 0.3) is 11.3 Å². The van der Waals surface area contributed by atoms with Gasteiger partial charge in [0, 0.05) is 30.4 Å². The van der Waals surface area contributed by atoms with E-state index in [9.17, 15) is 0 Å². The molecule has 1 fully saturated rings. The number of pyridine rings is 1. The van der Waals surface area contributed by atoms with Crippen LogP contribution in [0.5, 0.6) is 0 Å². The second-order valence-corrected chi connectivity index (χ2v) is 7.64. The summed E-state index contributed by atoms with van der Waals surface area (Å²) in [6.45, 7) is 11.4. The van der Waals surface area contributed by atoms with E-state index in [1.807, 2.05) is 12.3 Å². The first-order chi connectivity index (χ1) is 11.5. The Morgan fingerprint density at radius 3 is 2.50 bits per heavy atom. The molecular formula is C22H28N2. The zero-order valence-electron chi connectivity index (χ0n) is 15.3. The van der Waals surface area contributed by atoms with Gasteiger partial charge < -0.3 is 0 Å². The van der Waals surface area contributed by atoms with E-state index in [1.54, 1.807) is 5.57 Å². The Labute approximate surface area is 146 Å². The molecule has 0 unspecified atom stereocenters. The SMILES string of the molecule is CC(C)=C1CN(CCc2ccccc2-c2ccccn2)C(C)(C)C1. The van der Waals surface area contributed by atoms with Gasteiger partial charge in [-0.3, -0.25) is 9.88 Å². The largest absolute Gasteiger partial charge is 0.294 e. The number of nitrogens with zero attached hydrogens (tertiary/aromatic N) is 2. The lowest BCUT2D eigenvalue weighted by molar-refractivity contribution is 0.177. The standard InChI is InChI=1S/C22H28N2/c1-17(2)19-15-22(3,4)24(16-19)14-12-18-9-5-6-10-20(18)21-11-7-8-13-23-21/h5-11,13H,12,14-16H2,1-4H3. The first-order valence-electron chi connectivity index (χ1n) is 8.87. The van der Waals surface area contributed by atoms with Gasteiger partial charge in [0.1, 0.15) is 0 Å². The van der Waals surface area contributed by atoms with Crippen LogP contribution in [0.2, 0.25) is 0 Å². The summed E-state index contributed by atoms with van der Waals surface area (Å²) in [5.74, 6) is 0. The van der Waals surface area contributed by atoms with E-state index < -0.39 is 0 Å². The normalized spacial score (nSPS) is 17.2. The second kappa shape index (κ2) is 6.90. The van der Waals surface area contributed by atoms with Gasteiger partial charge in [-0.25, -0.2) is 0 Å². The van der Waals surface area contributed by atoms with E-state index in [0.717, 1.165) is 25.2 Å². The van der Waals surface area contributed by atoms with Crippen molar-refractivity contribution in [1.29, 1.82) is 0 Å². The van der Waals surface area contributed by atoms with Gasteiger partial charge in [0.2, 0.25) is 0 Å². The molecule has 1 aliphatic heterocycles. The van der Waals surface area contributed by atoms with E-state index in [1.165, 1.54) is 23.1 Å². The predicted molar refractivity (Wildman–Crippen MR) is 102 cm³/mol. The number of aromatic nitrogens is 1. The van der Waals surface area contributed by atoms with E-state index in [2.05, 4.69) is 74.0 Å². The van der Waals surface area contributed by atoms with Crippen LogP contribution in [-0.4, -0.2) is 28.5 Å². The van der Waals surface area contributed by atoms with Gasteiger partial charge in [0.15, 0.2) is 0 Å². The van der Waals surface area contributed by atoms with Gasteiger partial charge in [-0.05, 0) is 58.2 Å². The molecule has 2 aromatic rings. The van der Waals surface area contributed by atoms with Crippen LogP contribution in [0.4, 0.5) is 0 Å². The summed E-state index contributed by atoms with van der Waals surface area (Å²) >= 11 is 0. The molecule has 1 aliphatic rings.